The number of hydrogen-bond acceptors (Lipinski definition) is 3. The lowest BCUT2D eigenvalue weighted by Gasteiger charge is -2.23. The highest BCUT2D eigenvalue weighted by atomic mass is 16.5. The van der Waals surface area contributed by atoms with Gasteiger partial charge < -0.3 is 10.1 Å². The van der Waals surface area contributed by atoms with Gasteiger partial charge in [0, 0.05) is 27.0 Å². The maximum Gasteiger partial charge on any atom is 0.0796 e. The third kappa shape index (κ3) is 4.48. The maximum absolute atomic E-state index is 5.15. The minimum Gasteiger partial charge on any atom is -0.385 e. The topological polar surface area (TPSA) is 39.1 Å². The van der Waals surface area contributed by atoms with Crippen LogP contribution in [-0.4, -0.2) is 30.0 Å². The first kappa shape index (κ1) is 14.2. The van der Waals surface area contributed by atoms with Crippen molar-refractivity contribution in [1.29, 1.82) is 0 Å². The Morgan fingerprint density at radius 2 is 2.29 bits per heavy atom. The molecular formula is C13H25N3O. The van der Waals surface area contributed by atoms with E-state index in [1.54, 1.807) is 7.11 Å². The molecule has 1 rings (SSSR count). The van der Waals surface area contributed by atoms with Gasteiger partial charge in [-0.25, -0.2) is 0 Å². The molecule has 1 N–H and O–H groups in total. The Bertz CT molecular complexity index is 311. The zero-order chi connectivity index (χ0) is 12.7. The minimum absolute atomic E-state index is 0.325. The predicted octanol–water partition coefficient (Wildman–Crippen LogP) is 2.13. The largest absolute Gasteiger partial charge is 0.385 e. The van der Waals surface area contributed by atoms with Crippen LogP contribution in [0.3, 0.4) is 0 Å². The van der Waals surface area contributed by atoms with E-state index in [4.69, 9.17) is 4.74 Å². The molecule has 0 saturated heterocycles. The number of rotatable bonds is 8. The summed E-state index contributed by atoms with van der Waals surface area (Å²) < 4.78 is 7.01. The van der Waals surface area contributed by atoms with Gasteiger partial charge in [-0.3, -0.25) is 4.68 Å². The molecule has 0 fully saturated rings. The van der Waals surface area contributed by atoms with Gasteiger partial charge in [-0.15, -0.1) is 0 Å². The van der Waals surface area contributed by atoms with E-state index in [1.165, 1.54) is 0 Å². The van der Waals surface area contributed by atoms with Crippen molar-refractivity contribution < 1.29 is 4.74 Å². The molecule has 0 aromatic carbocycles. The van der Waals surface area contributed by atoms with Crippen molar-refractivity contribution in [1.82, 2.24) is 15.1 Å². The highest BCUT2D eigenvalue weighted by molar-refractivity contribution is 5.06. The molecule has 17 heavy (non-hydrogen) atoms. The second kappa shape index (κ2) is 7.45. The first-order chi connectivity index (χ1) is 8.19. The lowest BCUT2D eigenvalue weighted by molar-refractivity contribution is 0.169. The maximum atomic E-state index is 5.15. The third-order valence-corrected chi connectivity index (χ3v) is 3.01. The fraction of sp³-hybridized carbons (Fsp3) is 0.769. The first-order valence-corrected chi connectivity index (χ1v) is 6.40. The van der Waals surface area contributed by atoms with Crippen molar-refractivity contribution in [2.45, 2.75) is 32.7 Å². The molecule has 0 bridgehead atoms. The van der Waals surface area contributed by atoms with Crippen LogP contribution in [0.2, 0.25) is 0 Å². The van der Waals surface area contributed by atoms with Crippen LogP contribution in [-0.2, 0) is 11.8 Å². The zero-order valence-electron chi connectivity index (χ0n) is 11.4. The SMILES string of the molecule is CCCNC(c1ccn(C)n1)C(C)CCOC. The molecule has 0 aliphatic rings. The summed E-state index contributed by atoms with van der Waals surface area (Å²) in [7, 11) is 3.71. The van der Waals surface area contributed by atoms with Gasteiger partial charge in [0.2, 0.25) is 0 Å². The Morgan fingerprint density at radius 1 is 1.53 bits per heavy atom. The molecule has 4 heteroatoms. The molecule has 0 amide bonds. The van der Waals surface area contributed by atoms with Crippen molar-refractivity contribution in [3.8, 4) is 0 Å². The summed E-state index contributed by atoms with van der Waals surface area (Å²) in [5, 5.41) is 8.08. The van der Waals surface area contributed by atoms with Gasteiger partial charge in [-0.05, 0) is 31.4 Å². The van der Waals surface area contributed by atoms with Gasteiger partial charge in [0.15, 0.2) is 0 Å². The molecule has 0 spiro atoms. The monoisotopic (exact) mass is 239 g/mol. The lowest BCUT2D eigenvalue weighted by atomic mass is 9.96. The van der Waals surface area contributed by atoms with Gasteiger partial charge in [0.25, 0.3) is 0 Å². The van der Waals surface area contributed by atoms with Crippen LogP contribution in [0.15, 0.2) is 12.3 Å². The van der Waals surface area contributed by atoms with Crippen LogP contribution in [0.1, 0.15) is 38.4 Å². The number of hydrogen-bond donors (Lipinski definition) is 1. The summed E-state index contributed by atoms with van der Waals surface area (Å²) in [5.74, 6) is 0.524. The van der Waals surface area contributed by atoms with E-state index in [-0.39, 0.29) is 0 Å². The van der Waals surface area contributed by atoms with E-state index >= 15 is 0 Å². The molecule has 0 saturated carbocycles. The Morgan fingerprint density at radius 3 is 2.82 bits per heavy atom. The molecule has 0 aliphatic carbocycles. The molecule has 2 unspecified atom stereocenters. The average Bonchev–Trinajstić information content (AvgIpc) is 2.73. The second-order valence-corrected chi connectivity index (χ2v) is 4.60. The van der Waals surface area contributed by atoms with Crippen molar-refractivity contribution in [3.63, 3.8) is 0 Å². The van der Waals surface area contributed by atoms with Gasteiger partial charge in [-0.1, -0.05) is 13.8 Å². The standard InChI is InChI=1S/C13H25N3O/c1-5-8-14-13(11(2)7-10-17-4)12-6-9-16(3)15-12/h6,9,11,13-14H,5,7-8,10H2,1-4H3. The predicted molar refractivity (Wildman–Crippen MR) is 69.9 cm³/mol. The molecule has 0 radical (unpaired) electrons. The molecule has 0 aliphatic heterocycles. The first-order valence-electron chi connectivity index (χ1n) is 6.40. The normalized spacial score (nSPS) is 14.8. The molecule has 1 aromatic rings. The van der Waals surface area contributed by atoms with Gasteiger partial charge in [0.1, 0.15) is 0 Å². The van der Waals surface area contributed by atoms with Crippen molar-refractivity contribution in [3.05, 3.63) is 18.0 Å². The third-order valence-electron chi connectivity index (χ3n) is 3.01. The number of aromatic nitrogens is 2. The van der Waals surface area contributed by atoms with Gasteiger partial charge >= 0.3 is 0 Å². The number of methoxy groups -OCH3 is 1. The average molecular weight is 239 g/mol. The van der Waals surface area contributed by atoms with E-state index in [9.17, 15) is 0 Å². The Labute approximate surface area is 104 Å². The Kier molecular flexibility index (Phi) is 6.22. The van der Waals surface area contributed by atoms with Gasteiger partial charge in [0.05, 0.1) is 11.7 Å². The lowest BCUT2D eigenvalue weighted by Crippen LogP contribution is -2.29. The summed E-state index contributed by atoms with van der Waals surface area (Å²) in [6.07, 6.45) is 4.19. The number of ether oxygens (including phenoxy) is 1. The van der Waals surface area contributed by atoms with Crippen LogP contribution in [0.25, 0.3) is 0 Å². The zero-order valence-corrected chi connectivity index (χ0v) is 11.4. The van der Waals surface area contributed by atoms with E-state index in [0.29, 0.717) is 12.0 Å². The van der Waals surface area contributed by atoms with E-state index in [1.807, 2.05) is 17.9 Å². The smallest absolute Gasteiger partial charge is 0.0796 e. The minimum atomic E-state index is 0.325. The summed E-state index contributed by atoms with van der Waals surface area (Å²) in [6.45, 7) is 6.26. The molecule has 4 nitrogen and oxygen atoms in total. The number of nitrogens with one attached hydrogen (secondary N) is 1. The van der Waals surface area contributed by atoms with E-state index in [2.05, 4.69) is 30.3 Å². The van der Waals surface area contributed by atoms with E-state index < -0.39 is 0 Å². The van der Waals surface area contributed by atoms with Crippen LogP contribution in [0.4, 0.5) is 0 Å². The fourth-order valence-electron chi connectivity index (χ4n) is 1.97. The van der Waals surface area contributed by atoms with Crippen molar-refractivity contribution in [2.24, 2.45) is 13.0 Å². The van der Waals surface area contributed by atoms with Crippen LogP contribution in [0.5, 0.6) is 0 Å². The van der Waals surface area contributed by atoms with Gasteiger partial charge in [-0.2, -0.15) is 5.10 Å². The number of aryl methyl sites for hydroxylation is 1. The summed E-state index contributed by atoms with van der Waals surface area (Å²) in [4.78, 5) is 0. The summed E-state index contributed by atoms with van der Waals surface area (Å²) >= 11 is 0. The Hall–Kier alpha value is -0.870. The van der Waals surface area contributed by atoms with E-state index in [0.717, 1.165) is 31.7 Å². The molecule has 98 valence electrons. The quantitative estimate of drug-likeness (QED) is 0.755. The molecule has 2 atom stereocenters. The molecular weight excluding hydrogens is 214 g/mol. The van der Waals surface area contributed by atoms with Crippen LogP contribution in [0, 0.1) is 5.92 Å². The molecule has 1 aromatic heterocycles. The highest BCUT2D eigenvalue weighted by Gasteiger charge is 2.20. The highest BCUT2D eigenvalue weighted by Crippen LogP contribution is 2.23. The van der Waals surface area contributed by atoms with Crippen molar-refractivity contribution >= 4 is 0 Å². The number of nitrogens with zero attached hydrogens (tertiary/aromatic N) is 2. The summed E-state index contributed by atoms with van der Waals surface area (Å²) in [6, 6.07) is 2.42. The summed E-state index contributed by atoms with van der Waals surface area (Å²) in [5.41, 5.74) is 1.13. The second-order valence-electron chi connectivity index (χ2n) is 4.60. The van der Waals surface area contributed by atoms with Crippen LogP contribution < -0.4 is 5.32 Å². The fourth-order valence-corrected chi connectivity index (χ4v) is 1.97. The van der Waals surface area contributed by atoms with Crippen LogP contribution >= 0.6 is 0 Å². The Balaban J connectivity index is 2.65. The molecule has 1 heterocycles. The van der Waals surface area contributed by atoms with Crippen molar-refractivity contribution in [2.75, 3.05) is 20.3 Å².